The Morgan fingerprint density at radius 3 is 2.38 bits per heavy atom. The third kappa shape index (κ3) is 4.35. The van der Waals surface area contributed by atoms with Crippen molar-refractivity contribution in [1.29, 1.82) is 0 Å². The monoisotopic (exact) mass is 466 g/mol. The molecule has 0 saturated carbocycles. The molecule has 0 atom stereocenters. The summed E-state index contributed by atoms with van der Waals surface area (Å²) in [6, 6.07) is 11.9. The molecule has 170 valence electrons. The van der Waals surface area contributed by atoms with Crippen LogP contribution in [0.25, 0.3) is 11.0 Å². The SMILES string of the molecule is O=C(Cn1c(C(F)(F)F)nc2ccccc21)Nc1ccccc1S(=O)(=O)N1CCCCC1. The molecule has 0 spiro atoms. The van der Waals surface area contributed by atoms with Gasteiger partial charge in [0.2, 0.25) is 21.8 Å². The third-order valence-corrected chi connectivity index (χ3v) is 7.26. The number of rotatable bonds is 5. The van der Waals surface area contributed by atoms with Crippen molar-refractivity contribution < 1.29 is 26.4 Å². The minimum absolute atomic E-state index is 0.0288. The van der Waals surface area contributed by atoms with Gasteiger partial charge in [-0.1, -0.05) is 30.7 Å². The van der Waals surface area contributed by atoms with E-state index in [0.29, 0.717) is 13.1 Å². The number of alkyl halides is 3. The first-order valence-corrected chi connectivity index (χ1v) is 11.5. The van der Waals surface area contributed by atoms with E-state index in [9.17, 15) is 26.4 Å². The van der Waals surface area contributed by atoms with Crippen LogP contribution in [0.2, 0.25) is 0 Å². The lowest BCUT2D eigenvalue weighted by molar-refractivity contribution is -0.147. The molecule has 1 amide bonds. The van der Waals surface area contributed by atoms with E-state index >= 15 is 0 Å². The summed E-state index contributed by atoms with van der Waals surface area (Å²) in [5.41, 5.74) is 0.297. The number of nitrogens with one attached hydrogen (secondary N) is 1. The van der Waals surface area contributed by atoms with Crippen LogP contribution in [0, 0.1) is 0 Å². The number of para-hydroxylation sites is 3. The van der Waals surface area contributed by atoms with Crippen molar-refractivity contribution in [3.05, 3.63) is 54.4 Å². The van der Waals surface area contributed by atoms with Crippen molar-refractivity contribution in [2.75, 3.05) is 18.4 Å². The fraction of sp³-hybridized carbons (Fsp3) is 0.333. The Bertz CT molecular complexity index is 1250. The Hall–Kier alpha value is -2.92. The van der Waals surface area contributed by atoms with Gasteiger partial charge in [-0.05, 0) is 37.1 Å². The van der Waals surface area contributed by atoms with Gasteiger partial charge in [-0.2, -0.15) is 17.5 Å². The molecule has 1 aromatic heterocycles. The van der Waals surface area contributed by atoms with E-state index in [-0.39, 0.29) is 21.6 Å². The highest BCUT2D eigenvalue weighted by Gasteiger charge is 2.38. The molecule has 1 saturated heterocycles. The van der Waals surface area contributed by atoms with Crippen molar-refractivity contribution in [2.45, 2.75) is 36.9 Å². The number of hydrogen-bond acceptors (Lipinski definition) is 4. The Labute approximate surface area is 182 Å². The van der Waals surface area contributed by atoms with E-state index in [2.05, 4.69) is 10.3 Å². The largest absolute Gasteiger partial charge is 0.449 e. The number of sulfonamides is 1. The smallest absolute Gasteiger partial charge is 0.323 e. The molecule has 2 aromatic carbocycles. The van der Waals surface area contributed by atoms with Crippen LogP contribution in [-0.4, -0.2) is 41.3 Å². The predicted octanol–water partition coefficient (Wildman–Crippen LogP) is 3.87. The van der Waals surface area contributed by atoms with E-state index in [1.165, 1.54) is 34.6 Å². The lowest BCUT2D eigenvalue weighted by Gasteiger charge is -2.26. The summed E-state index contributed by atoms with van der Waals surface area (Å²) >= 11 is 0. The molecule has 7 nitrogen and oxygen atoms in total. The number of imidazole rings is 1. The average molecular weight is 466 g/mol. The van der Waals surface area contributed by atoms with Gasteiger partial charge in [-0.15, -0.1) is 0 Å². The predicted molar refractivity (Wildman–Crippen MR) is 112 cm³/mol. The molecule has 0 radical (unpaired) electrons. The lowest BCUT2D eigenvalue weighted by atomic mass is 10.2. The van der Waals surface area contributed by atoms with Crippen molar-refractivity contribution in [3.8, 4) is 0 Å². The molecule has 0 aliphatic carbocycles. The molecule has 3 aromatic rings. The molecule has 1 aliphatic rings. The number of benzene rings is 2. The second-order valence-corrected chi connectivity index (χ2v) is 9.42. The summed E-state index contributed by atoms with van der Waals surface area (Å²) in [5, 5.41) is 2.48. The molecule has 0 unspecified atom stereocenters. The first-order chi connectivity index (χ1) is 15.2. The average Bonchev–Trinajstić information content (AvgIpc) is 3.13. The van der Waals surface area contributed by atoms with E-state index in [0.717, 1.165) is 23.8 Å². The maximum atomic E-state index is 13.5. The zero-order valence-corrected chi connectivity index (χ0v) is 17.8. The number of nitrogens with zero attached hydrogens (tertiary/aromatic N) is 3. The van der Waals surface area contributed by atoms with Gasteiger partial charge in [0.25, 0.3) is 0 Å². The molecule has 1 N–H and O–H groups in total. The summed E-state index contributed by atoms with van der Waals surface area (Å²) in [6.07, 6.45) is -2.30. The van der Waals surface area contributed by atoms with Gasteiger partial charge in [0, 0.05) is 13.1 Å². The number of carbonyl (C=O) groups excluding carboxylic acids is 1. The summed E-state index contributed by atoms with van der Waals surface area (Å²) < 4.78 is 68.8. The summed E-state index contributed by atoms with van der Waals surface area (Å²) in [5.74, 6) is -1.98. The highest BCUT2D eigenvalue weighted by Crippen LogP contribution is 2.32. The lowest BCUT2D eigenvalue weighted by Crippen LogP contribution is -2.36. The fourth-order valence-electron chi connectivity index (χ4n) is 3.82. The second kappa shape index (κ2) is 8.55. The van der Waals surface area contributed by atoms with Crippen molar-refractivity contribution in [3.63, 3.8) is 0 Å². The number of carbonyl (C=O) groups is 1. The minimum Gasteiger partial charge on any atom is -0.323 e. The van der Waals surface area contributed by atoms with Gasteiger partial charge in [0.1, 0.15) is 11.4 Å². The number of piperidine rings is 1. The van der Waals surface area contributed by atoms with Crippen LogP contribution < -0.4 is 5.32 Å². The Morgan fingerprint density at radius 2 is 1.66 bits per heavy atom. The zero-order chi connectivity index (χ0) is 22.9. The maximum Gasteiger partial charge on any atom is 0.449 e. The van der Waals surface area contributed by atoms with Crippen LogP contribution in [-0.2, 0) is 27.5 Å². The molecule has 11 heteroatoms. The van der Waals surface area contributed by atoms with Gasteiger partial charge >= 0.3 is 6.18 Å². The number of aromatic nitrogens is 2. The first kappa shape index (κ1) is 22.3. The number of amides is 1. The van der Waals surface area contributed by atoms with Gasteiger partial charge in [0.05, 0.1) is 16.7 Å². The van der Waals surface area contributed by atoms with E-state index < -0.39 is 34.5 Å². The number of halogens is 3. The zero-order valence-electron chi connectivity index (χ0n) is 17.0. The molecule has 1 aliphatic heterocycles. The molecule has 2 heterocycles. The van der Waals surface area contributed by atoms with Crippen LogP contribution >= 0.6 is 0 Å². The Balaban J connectivity index is 1.63. The molecular formula is C21H21F3N4O3S. The number of fused-ring (bicyclic) bond motifs is 1. The van der Waals surface area contributed by atoms with Crippen LogP contribution in [0.4, 0.5) is 18.9 Å². The van der Waals surface area contributed by atoms with Crippen LogP contribution in [0.1, 0.15) is 25.1 Å². The number of anilines is 1. The summed E-state index contributed by atoms with van der Waals surface area (Å²) in [7, 11) is -3.85. The van der Waals surface area contributed by atoms with Crippen LogP contribution in [0.15, 0.2) is 53.4 Å². The van der Waals surface area contributed by atoms with Crippen LogP contribution in [0.5, 0.6) is 0 Å². The van der Waals surface area contributed by atoms with Crippen molar-refractivity contribution in [2.24, 2.45) is 0 Å². The molecule has 0 bridgehead atoms. The van der Waals surface area contributed by atoms with Gasteiger partial charge in [-0.3, -0.25) is 4.79 Å². The quantitative estimate of drug-likeness (QED) is 0.619. The van der Waals surface area contributed by atoms with E-state index in [1.807, 2.05) is 0 Å². The molecule has 4 rings (SSSR count). The highest BCUT2D eigenvalue weighted by molar-refractivity contribution is 7.89. The van der Waals surface area contributed by atoms with Crippen molar-refractivity contribution in [1.82, 2.24) is 13.9 Å². The number of hydrogen-bond donors (Lipinski definition) is 1. The topological polar surface area (TPSA) is 84.3 Å². The summed E-state index contributed by atoms with van der Waals surface area (Å²) in [4.78, 5) is 16.3. The molecule has 32 heavy (non-hydrogen) atoms. The van der Waals surface area contributed by atoms with Crippen LogP contribution in [0.3, 0.4) is 0 Å². The summed E-state index contributed by atoms with van der Waals surface area (Å²) in [6.45, 7) is 0.106. The fourth-order valence-corrected chi connectivity index (χ4v) is 5.49. The third-order valence-electron chi connectivity index (χ3n) is 5.30. The van der Waals surface area contributed by atoms with Gasteiger partial charge in [0.15, 0.2) is 0 Å². The molecule has 1 fully saturated rings. The standard InChI is InChI=1S/C21H21F3N4O3S/c22-21(23,24)20-26-15-8-2-4-10-17(15)28(20)14-19(29)25-16-9-3-5-11-18(16)32(30,31)27-12-6-1-7-13-27/h2-5,8-11H,1,6-7,12-14H2,(H,25,29). The van der Waals surface area contributed by atoms with E-state index in [4.69, 9.17) is 0 Å². The first-order valence-electron chi connectivity index (χ1n) is 10.1. The minimum atomic E-state index is -4.76. The normalized spacial score (nSPS) is 15.7. The molecular weight excluding hydrogens is 445 g/mol. The Kier molecular flexibility index (Phi) is 5.95. The second-order valence-electron chi connectivity index (χ2n) is 7.52. The Morgan fingerprint density at radius 1 is 1.00 bits per heavy atom. The van der Waals surface area contributed by atoms with E-state index in [1.54, 1.807) is 18.2 Å². The van der Waals surface area contributed by atoms with Crippen molar-refractivity contribution >= 4 is 32.7 Å². The highest BCUT2D eigenvalue weighted by atomic mass is 32.2. The van der Waals surface area contributed by atoms with Gasteiger partial charge < -0.3 is 9.88 Å². The van der Waals surface area contributed by atoms with Gasteiger partial charge in [-0.25, -0.2) is 13.4 Å². The maximum absolute atomic E-state index is 13.5.